The number of fused-ring (bicyclic) bond motifs is 3. The van der Waals surface area contributed by atoms with Gasteiger partial charge in [0.05, 0.1) is 5.39 Å². The highest BCUT2D eigenvalue weighted by Gasteiger charge is 2.21. The van der Waals surface area contributed by atoms with Gasteiger partial charge in [-0.1, -0.05) is 17.7 Å². The van der Waals surface area contributed by atoms with Crippen molar-refractivity contribution in [3.05, 3.63) is 55.4 Å². The molecule has 0 aliphatic heterocycles. The predicted octanol–water partition coefficient (Wildman–Crippen LogP) is 4.01. The number of nitrogens with one attached hydrogen (secondary N) is 2. The van der Waals surface area contributed by atoms with E-state index in [0.29, 0.717) is 23.0 Å². The van der Waals surface area contributed by atoms with Gasteiger partial charge in [0.25, 0.3) is 5.56 Å². The van der Waals surface area contributed by atoms with Crippen molar-refractivity contribution in [2.75, 3.05) is 5.32 Å². The lowest BCUT2D eigenvalue weighted by molar-refractivity contribution is -0.116. The molecule has 0 spiro atoms. The van der Waals surface area contributed by atoms with Crippen molar-refractivity contribution >= 4 is 44.7 Å². The Morgan fingerprint density at radius 1 is 1.38 bits per heavy atom. The fourth-order valence-corrected chi connectivity index (χ4v) is 4.75. The molecular weight excluding hydrogens is 370 g/mol. The second kappa shape index (κ2) is 6.85. The highest BCUT2D eigenvalue weighted by Crippen LogP contribution is 2.34. The van der Waals surface area contributed by atoms with E-state index in [1.165, 1.54) is 10.4 Å². The van der Waals surface area contributed by atoms with E-state index in [2.05, 4.69) is 15.3 Å². The van der Waals surface area contributed by atoms with E-state index >= 15 is 0 Å². The molecule has 26 heavy (non-hydrogen) atoms. The van der Waals surface area contributed by atoms with Crippen molar-refractivity contribution in [3.8, 4) is 0 Å². The van der Waals surface area contributed by atoms with Crippen LogP contribution < -0.4 is 10.9 Å². The van der Waals surface area contributed by atoms with E-state index in [-0.39, 0.29) is 17.9 Å². The van der Waals surface area contributed by atoms with E-state index < -0.39 is 0 Å². The quantitative estimate of drug-likeness (QED) is 0.710. The lowest BCUT2D eigenvalue weighted by Crippen LogP contribution is -2.16. The fraction of sp³-hybridized carbons (Fsp3) is 0.316. The molecule has 0 atom stereocenters. The number of aromatic amines is 1. The van der Waals surface area contributed by atoms with Crippen molar-refractivity contribution in [2.45, 2.75) is 39.0 Å². The van der Waals surface area contributed by atoms with Crippen LogP contribution in [0.1, 0.15) is 34.7 Å². The van der Waals surface area contributed by atoms with Gasteiger partial charge in [-0.25, -0.2) is 4.98 Å². The summed E-state index contributed by atoms with van der Waals surface area (Å²) in [5, 5.41) is 4.18. The summed E-state index contributed by atoms with van der Waals surface area (Å²) in [6.45, 7) is 1.91. The number of hydrogen-bond acceptors (Lipinski definition) is 4. The Kier molecular flexibility index (Phi) is 4.54. The number of anilines is 1. The lowest BCUT2D eigenvalue weighted by atomic mass is 10.2. The Bertz CT molecular complexity index is 1070. The number of halogens is 1. The molecule has 0 fully saturated rings. The average molecular weight is 388 g/mol. The summed E-state index contributed by atoms with van der Waals surface area (Å²) in [6, 6.07) is 5.41. The Morgan fingerprint density at radius 3 is 3.04 bits per heavy atom. The number of carbonyl (C=O) groups is 1. The molecule has 1 amide bonds. The third-order valence-electron chi connectivity index (χ3n) is 4.67. The molecule has 0 saturated heterocycles. The number of rotatable bonds is 4. The smallest absolute Gasteiger partial charge is 0.259 e. The molecule has 1 aliphatic carbocycles. The zero-order valence-electron chi connectivity index (χ0n) is 14.3. The molecule has 2 N–H and O–H groups in total. The molecule has 0 saturated carbocycles. The van der Waals surface area contributed by atoms with E-state index in [1.807, 2.05) is 19.1 Å². The Balaban J connectivity index is 1.46. The number of nitrogens with zero attached hydrogens (tertiary/aromatic N) is 1. The summed E-state index contributed by atoms with van der Waals surface area (Å²) >= 11 is 7.68. The summed E-state index contributed by atoms with van der Waals surface area (Å²) in [4.78, 5) is 34.1. The monoisotopic (exact) mass is 387 g/mol. The van der Waals surface area contributed by atoms with Crippen LogP contribution in [0.15, 0.2) is 23.0 Å². The van der Waals surface area contributed by atoms with E-state index in [9.17, 15) is 9.59 Å². The summed E-state index contributed by atoms with van der Waals surface area (Å²) in [5.41, 5.74) is 2.70. The molecular formula is C19H18ClN3O2S. The van der Waals surface area contributed by atoms with Gasteiger partial charge in [0.2, 0.25) is 5.91 Å². The maximum Gasteiger partial charge on any atom is 0.259 e. The number of benzene rings is 1. The Labute approximate surface area is 159 Å². The first-order chi connectivity index (χ1) is 12.5. The van der Waals surface area contributed by atoms with Crippen LogP contribution in [0.5, 0.6) is 0 Å². The number of H-pyrrole nitrogens is 1. The lowest BCUT2D eigenvalue weighted by Gasteiger charge is -2.07. The van der Waals surface area contributed by atoms with Crippen LogP contribution in [0.25, 0.3) is 10.2 Å². The minimum Gasteiger partial charge on any atom is -0.326 e. The van der Waals surface area contributed by atoms with Gasteiger partial charge < -0.3 is 10.3 Å². The first-order valence-electron chi connectivity index (χ1n) is 8.60. The van der Waals surface area contributed by atoms with Crippen molar-refractivity contribution in [3.63, 3.8) is 0 Å². The first kappa shape index (κ1) is 17.2. The molecule has 0 unspecified atom stereocenters. The van der Waals surface area contributed by atoms with E-state index in [0.717, 1.165) is 35.0 Å². The number of hydrogen-bond donors (Lipinski definition) is 2. The minimum absolute atomic E-state index is 0.0878. The Morgan fingerprint density at radius 2 is 2.23 bits per heavy atom. The normalized spacial score (nSPS) is 13.2. The largest absolute Gasteiger partial charge is 0.326 e. The molecule has 0 bridgehead atoms. The third-order valence-corrected chi connectivity index (χ3v) is 6.26. The van der Waals surface area contributed by atoms with E-state index in [1.54, 1.807) is 17.4 Å². The number of thiophene rings is 1. The number of aromatic nitrogens is 2. The van der Waals surface area contributed by atoms with Crippen molar-refractivity contribution in [1.82, 2.24) is 9.97 Å². The first-order valence-corrected chi connectivity index (χ1v) is 9.80. The topological polar surface area (TPSA) is 74.8 Å². The molecule has 1 aliphatic rings. The van der Waals surface area contributed by atoms with E-state index in [4.69, 9.17) is 11.6 Å². The van der Waals surface area contributed by atoms with Gasteiger partial charge in [-0.05, 0) is 49.4 Å². The van der Waals surface area contributed by atoms with Crippen LogP contribution in [0.4, 0.5) is 5.69 Å². The zero-order chi connectivity index (χ0) is 18.3. The van der Waals surface area contributed by atoms with Gasteiger partial charge in [0.15, 0.2) is 0 Å². The molecule has 7 heteroatoms. The molecule has 3 aromatic rings. The standard InChI is InChI=1S/C19H18ClN3O2S/c1-10-5-6-11(9-13(10)20)21-16(24)8-7-15-22-18(25)17-12-3-2-4-14(12)26-19(17)23-15/h5-6,9H,2-4,7-8H2,1H3,(H,21,24)(H,22,23,25). The highest BCUT2D eigenvalue weighted by molar-refractivity contribution is 7.18. The summed E-state index contributed by atoms with van der Waals surface area (Å²) in [7, 11) is 0. The molecule has 0 radical (unpaired) electrons. The van der Waals surface area contributed by atoms with Gasteiger partial charge in [0, 0.05) is 28.4 Å². The maximum atomic E-state index is 12.4. The van der Waals surface area contributed by atoms with Crippen molar-refractivity contribution < 1.29 is 4.79 Å². The van der Waals surface area contributed by atoms with Gasteiger partial charge >= 0.3 is 0 Å². The molecule has 1 aromatic carbocycles. The van der Waals surface area contributed by atoms with Crippen LogP contribution in [-0.2, 0) is 24.1 Å². The molecule has 4 rings (SSSR count). The molecule has 2 heterocycles. The summed E-state index contributed by atoms with van der Waals surface area (Å²) in [5.74, 6) is 0.417. The third kappa shape index (κ3) is 3.27. The summed E-state index contributed by atoms with van der Waals surface area (Å²) < 4.78 is 0. The van der Waals surface area contributed by atoms with Crippen LogP contribution in [-0.4, -0.2) is 15.9 Å². The fourth-order valence-electron chi connectivity index (χ4n) is 3.29. The average Bonchev–Trinajstić information content (AvgIpc) is 3.17. The minimum atomic E-state index is -0.138. The van der Waals surface area contributed by atoms with Gasteiger partial charge in [-0.3, -0.25) is 9.59 Å². The maximum absolute atomic E-state index is 12.4. The van der Waals surface area contributed by atoms with Crippen molar-refractivity contribution in [2.24, 2.45) is 0 Å². The van der Waals surface area contributed by atoms with Gasteiger partial charge in [0.1, 0.15) is 10.7 Å². The van der Waals surface area contributed by atoms with Crippen molar-refractivity contribution in [1.29, 1.82) is 0 Å². The number of carbonyl (C=O) groups excluding carboxylic acids is 1. The molecule has 134 valence electrons. The van der Waals surface area contributed by atoms with Crippen LogP contribution in [0.2, 0.25) is 5.02 Å². The summed E-state index contributed by atoms with van der Waals surface area (Å²) in [6.07, 6.45) is 3.74. The van der Waals surface area contributed by atoms with Gasteiger partial charge in [-0.15, -0.1) is 11.3 Å². The highest BCUT2D eigenvalue weighted by atomic mass is 35.5. The van der Waals surface area contributed by atoms with Crippen LogP contribution >= 0.6 is 22.9 Å². The number of amides is 1. The molecule has 2 aromatic heterocycles. The SMILES string of the molecule is Cc1ccc(NC(=O)CCc2nc3sc4c(c3c(=O)[nH]2)CCC4)cc1Cl. The van der Waals surface area contributed by atoms with Crippen LogP contribution in [0, 0.1) is 6.92 Å². The zero-order valence-corrected chi connectivity index (χ0v) is 15.9. The second-order valence-electron chi connectivity index (χ2n) is 6.56. The van der Waals surface area contributed by atoms with Gasteiger partial charge in [-0.2, -0.15) is 0 Å². The van der Waals surface area contributed by atoms with Crippen LogP contribution in [0.3, 0.4) is 0 Å². The predicted molar refractivity (Wildman–Crippen MR) is 105 cm³/mol. The second-order valence-corrected chi connectivity index (χ2v) is 8.05. The molecule has 5 nitrogen and oxygen atoms in total. The number of aryl methyl sites for hydroxylation is 4. The Hall–Kier alpha value is -2.18.